The van der Waals surface area contributed by atoms with Crippen LogP contribution in [0, 0.1) is 5.82 Å². The van der Waals surface area contributed by atoms with E-state index in [4.69, 9.17) is 4.74 Å². The normalized spacial score (nSPS) is 11.3. The molecule has 0 atom stereocenters. The molecule has 0 fully saturated rings. The van der Waals surface area contributed by atoms with Gasteiger partial charge < -0.3 is 10.1 Å². The van der Waals surface area contributed by atoms with E-state index in [1.54, 1.807) is 0 Å². The van der Waals surface area contributed by atoms with Gasteiger partial charge in [0.25, 0.3) is 21.7 Å². The summed E-state index contributed by atoms with van der Waals surface area (Å²) in [5.74, 6) is -3.52. The smallest absolute Gasteiger partial charge is 0.288 e. The molecule has 1 N–H and O–H groups in total. The number of ether oxygens (including phenoxy) is 1. The molecule has 0 bridgehead atoms. The van der Waals surface area contributed by atoms with Gasteiger partial charge in [-0.25, -0.2) is 12.8 Å². The van der Waals surface area contributed by atoms with Crippen LogP contribution in [0.25, 0.3) is 0 Å². The highest BCUT2D eigenvalue weighted by atomic mass is 32.2. The summed E-state index contributed by atoms with van der Waals surface area (Å²) in [7, 11) is -2.79. The maximum absolute atomic E-state index is 13.9. The fourth-order valence-corrected chi connectivity index (χ4v) is 4.52. The largest absolute Gasteiger partial charge is 0.484 e. The van der Waals surface area contributed by atoms with E-state index in [0.717, 1.165) is 10.4 Å². The van der Waals surface area contributed by atoms with E-state index in [2.05, 4.69) is 5.32 Å². The Hall–Kier alpha value is -3.18. The van der Waals surface area contributed by atoms with Crippen LogP contribution in [0.5, 0.6) is 5.75 Å². The summed E-state index contributed by atoms with van der Waals surface area (Å²) in [6.45, 7) is -0.323. The van der Waals surface area contributed by atoms with E-state index in [1.165, 1.54) is 73.8 Å². The summed E-state index contributed by atoms with van der Waals surface area (Å²) in [5.41, 5.74) is 0.703. The molecule has 1 amide bonds. The van der Waals surface area contributed by atoms with Gasteiger partial charge >= 0.3 is 0 Å². The van der Waals surface area contributed by atoms with Gasteiger partial charge in [0.05, 0.1) is 5.69 Å². The lowest BCUT2D eigenvalue weighted by Crippen LogP contribution is -2.27. The molecule has 0 aliphatic heterocycles. The van der Waals surface area contributed by atoms with E-state index >= 15 is 0 Å². The van der Waals surface area contributed by atoms with Crippen LogP contribution in [0.15, 0.2) is 82.6 Å². The van der Waals surface area contributed by atoms with Gasteiger partial charge in [0, 0.05) is 17.6 Å². The van der Waals surface area contributed by atoms with Crippen molar-refractivity contribution in [3.05, 3.63) is 78.6 Å². The van der Waals surface area contributed by atoms with Crippen molar-refractivity contribution in [3.63, 3.8) is 0 Å². The SMILES string of the molecule is CN(c1ccc(OCC(=O)Nc2ccc(SC(F)F)cc2)cc1)S(=O)(=O)c1ccccc1F. The Morgan fingerprint density at radius 2 is 1.67 bits per heavy atom. The molecule has 0 aliphatic rings. The van der Waals surface area contributed by atoms with Gasteiger partial charge in [0.2, 0.25) is 0 Å². The summed E-state index contributed by atoms with van der Waals surface area (Å²) in [5, 5.41) is 2.58. The lowest BCUT2D eigenvalue weighted by Gasteiger charge is -2.20. The van der Waals surface area contributed by atoms with Crippen LogP contribution < -0.4 is 14.4 Å². The number of amides is 1. The molecular weight excluding hydrogens is 477 g/mol. The Balaban J connectivity index is 1.57. The van der Waals surface area contributed by atoms with E-state index in [9.17, 15) is 26.4 Å². The molecule has 3 aromatic carbocycles. The molecule has 6 nitrogen and oxygen atoms in total. The second kappa shape index (κ2) is 10.6. The number of nitrogens with one attached hydrogen (secondary N) is 1. The van der Waals surface area contributed by atoms with Crippen molar-refractivity contribution in [2.75, 3.05) is 23.3 Å². The molecule has 3 aromatic rings. The van der Waals surface area contributed by atoms with Crippen LogP contribution in [0.1, 0.15) is 0 Å². The minimum Gasteiger partial charge on any atom is -0.484 e. The van der Waals surface area contributed by atoms with Gasteiger partial charge in [-0.2, -0.15) is 8.78 Å². The predicted octanol–water partition coefficient (Wildman–Crippen LogP) is 4.98. The lowest BCUT2D eigenvalue weighted by atomic mass is 10.3. The first-order chi connectivity index (χ1) is 15.7. The number of anilines is 2. The van der Waals surface area contributed by atoms with Crippen LogP contribution in [0.3, 0.4) is 0 Å². The predicted molar refractivity (Wildman–Crippen MR) is 121 cm³/mol. The summed E-state index contributed by atoms with van der Waals surface area (Å²) in [6.07, 6.45) is 0. The molecule has 0 radical (unpaired) electrons. The first-order valence-electron chi connectivity index (χ1n) is 9.48. The number of carbonyl (C=O) groups is 1. The molecule has 0 heterocycles. The molecule has 0 aromatic heterocycles. The molecule has 0 saturated heterocycles. The molecule has 0 saturated carbocycles. The molecule has 174 valence electrons. The zero-order chi connectivity index (χ0) is 24.0. The van der Waals surface area contributed by atoms with Crippen LogP contribution in [0.2, 0.25) is 0 Å². The highest BCUT2D eigenvalue weighted by Gasteiger charge is 2.24. The minimum atomic E-state index is -4.10. The second-order valence-corrected chi connectivity index (χ2v) is 9.64. The van der Waals surface area contributed by atoms with Crippen LogP contribution in [-0.4, -0.2) is 33.7 Å². The fourth-order valence-electron chi connectivity index (χ4n) is 2.76. The Kier molecular flexibility index (Phi) is 7.88. The van der Waals surface area contributed by atoms with Crippen LogP contribution >= 0.6 is 11.8 Å². The van der Waals surface area contributed by atoms with Crippen molar-refractivity contribution in [3.8, 4) is 5.75 Å². The third-order valence-corrected chi connectivity index (χ3v) is 6.95. The van der Waals surface area contributed by atoms with E-state index in [1.807, 2.05) is 0 Å². The van der Waals surface area contributed by atoms with Crippen molar-refractivity contribution >= 4 is 39.1 Å². The Morgan fingerprint density at radius 3 is 2.27 bits per heavy atom. The zero-order valence-electron chi connectivity index (χ0n) is 17.2. The quantitative estimate of drug-likeness (QED) is 0.423. The van der Waals surface area contributed by atoms with E-state index in [-0.39, 0.29) is 12.3 Å². The number of rotatable bonds is 9. The van der Waals surface area contributed by atoms with E-state index < -0.39 is 32.4 Å². The monoisotopic (exact) mass is 496 g/mol. The molecule has 0 spiro atoms. The number of sulfonamides is 1. The van der Waals surface area contributed by atoms with Gasteiger partial charge in [-0.15, -0.1) is 0 Å². The molecule has 11 heteroatoms. The molecule has 3 rings (SSSR count). The maximum atomic E-state index is 13.9. The second-order valence-electron chi connectivity index (χ2n) is 6.64. The molecule has 0 aliphatic carbocycles. The first-order valence-corrected chi connectivity index (χ1v) is 11.8. The van der Waals surface area contributed by atoms with Crippen molar-refractivity contribution in [1.29, 1.82) is 0 Å². The van der Waals surface area contributed by atoms with Crippen molar-refractivity contribution in [1.82, 2.24) is 0 Å². The number of nitrogens with zero attached hydrogens (tertiary/aromatic N) is 1. The number of carbonyl (C=O) groups excluding carboxylic acids is 1. The molecular formula is C22H19F3N2O4S2. The molecule has 0 unspecified atom stereocenters. The first kappa shape index (κ1) is 24.5. The van der Waals surface area contributed by atoms with Crippen molar-refractivity contribution in [2.45, 2.75) is 15.5 Å². The van der Waals surface area contributed by atoms with Gasteiger partial charge in [-0.3, -0.25) is 9.10 Å². The van der Waals surface area contributed by atoms with Crippen LogP contribution in [0.4, 0.5) is 24.5 Å². The maximum Gasteiger partial charge on any atom is 0.288 e. The van der Waals surface area contributed by atoms with Gasteiger partial charge in [0.1, 0.15) is 16.5 Å². The third-order valence-electron chi connectivity index (χ3n) is 4.41. The highest BCUT2D eigenvalue weighted by Crippen LogP contribution is 2.27. The average molecular weight is 497 g/mol. The van der Waals surface area contributed by atoms with E-state index in [0.29, 0.717) is 28.1 Å². The zero-order valence-corrected chi connectivity index (χ0v) is 18.9. The Labute approximate surface area is 193 Å². The number of halogens is 3. The minimum absolute atomic E-state index is 0.275. The third kappa shape index (κ3) is 6.42. The average Bonchev–Trinajstić information content (AvgIpc) is 2.78. The lowest BCUT2D eigenvalue weighted by molar-refractivity contribution is -0.118. The standard InChI is InChI=1S/C22H19F3N2O4S2/c1-27(33(29,30)20-5-3-2-4-19(20)23)16-8-10-17(11-9-16)31-14-21(28)26-15-6-12-18(13-7-15)32-22(24)25/h2-13,22H,14H2,1H3,(H,26,28). The number of thioether (sulfide) groups is 1. The molecule has 33 heavy (non-hydrogen) atoms. The summed E-state index contributed by atoms with van der Waals surface area (Å²) in [4.78, 5) is 12.0. The van der Waals surface area contributed by atoms with Gasteiger partial charge in [0.15, 0.2) is 6.61 Å². The summed E-state index contributed by atoms with van der Waals surface area (Å²) >= 11 is 0.407. The number of hydrogen-bond acceptors (Lipinski definition) is 5. The summed E-state index contributed by atoms with van der Waals surface area (Å²) in [6, 6.07) is 16.9. The summed E-state index contributed by atoms with van der Waals surface area (Å²) < 4.78 is 70.3. The van der Waals surface area contributed by atoms with Crippen LogP contribution in [-0.2, 0) is 14.8 Å². The topological polar surface area (TPSA) is 75.7 Å². The van der Waals surface area contributed by atoms with Gasteiger partial charge in [-0.05, 0) is 60.7 Å². The van der Waals surface area contributed by atoms with Crippen molar-refractivity contribution < 1.29 is 31.1 Å². The van der Waals surface area contributed by atoms with Gasteiger partial charge in [-0.1, -0.05) is 23.9 Å². The number of alkyl halides is 2. The Morgan fingerprint density at radius 1 is 1.03 bits per heavy atom. The number of benzene rings is 3. The van der Waals surface area contributed by atoms with Crippen molar-refractivity contribution in [2.24, 2.45) is 0 Å². The number of hydrogen-bond donors (Lipinski definition) is 1. The Bertz CT molecular complexity index is 1210. The fraction of sp³-hybridized carbons (Fsp3) is 0.136. The highest BCUT2D eigenvalue weighted by molar-refractivity contribution is 7.99.